The Morgan fingerprint density at radius 2 is 1.88 bits per heavy atom. The van der Waals surface area contributed by atoms with Crippen LogP contribution in [0.3, 0.4) is 0 Å². The van der Waals surface area contributed by atoms with Gasteiger partial charge in [-0.3, -0.25) is 4.79 Å². The Labute approximate surface area is 188 Å². The van der Waals surface area contributed by atoms with Gasteiger partial charge in [0.25, 0.3) is 0 Å². The number of para-hydroxylation sites is 1. The van der Waals surface area contributed by atoms with Gasteiger partial charge in [-0.05, 0) is 41.8 Å². The topological polar surface area (TPSA) is 103 Å². The number of nitrogens with one attached hydrogen (secondary N) is 3. The molecule has 0 bridgehead atoms. The number of amides is 1. The molecule has 0 saturated carbocycles. The Morgan fingerprint density at radius 3 is 2.66 bits per heavy atom. The molecule has 4 rings (SSSR count). The van der Waals surface area contributed by atoms with Gasteiger partial charge in [-0.2, -0.15) is 5.26 Å². The largest absolute Gasteiger partial charge is 0.381 e. The second kappa shape index (κ2) is 9.99. The van der Waals surface area contributed by atoms with Crippen LogP contribution in [-0.2, 0) is 17.6 Å². The van der Waals surface area contributed by atoms with Gasteiger partial charge in [0.1, 0.15) is 6.07 Å². The van der Waals surface area contributed by atoms with E-state index in [0.717, 1.165) is 42.0 Å². The normalized spacial score (nSPS) is 15.5. The van der Waals surface area contributed by atoms with Crippen LogP contribution in [0.1, 0.15) is 28.3 Å². The van der Waals surface area contributed by atoms with E-state index in [2.05, 4.69) is 40.2 Å². The van der Waals surface area contributed by atoms with E-state index in [9.17, 15) is 10.1 Å². The maximum Gasteiger partial charge on any atom is 0.221 e. The highest BCUT2D eigenvalue weighted by molar-refractivity contribution is 5.78. The first-order valence-corrected chi connectivity index (χ1v) is 10.8. The zero-order valence-corrected chi connectivity index (χ0v) is 17.8. The van der Waals surface area contributed by atoms with Crippen LogP contribution in [-0.4, -0.2) is 25.0 Å². The fourth-order valence-electron chi connectivity index (χ4n) is 4.23. The first-order chi connectivity index (χ1) is 15.6. The third-order valence-electron chi connectivity index (χ3n) is 5.74. The van der Waals surface area contributed by atoms with Crippen molar-refractivity contribution in [3.05, 3.63) is 95.1 Å². The summed E-state index contributed by atoms with van der Waals surface area (Å²) in [6, 6.07) is 26.5. The van der Waals surface area contributed by atoms with Crippen molar-refractivity contribution in [3.8, 4) is 6.07 Å². The van der Waals surface area contributed by atoms with Crippen molar-refractivity contribution in [2.24, 2.45) is 5.73 Å². The van der Waals surface area contributed by atoms with Gasteiger partial charge >= 0.3 is 0 Å². The molecule has 0 fully saturated rings. The van der Waals surface area contributed by atoms with E-state index in [1.165, 1.54) is 5.56 Å². The summed E-state index contributed by atoms with van der Waals surface area (Å²) in [7, 11) is 0. The third-order valence-corrected chi connectivity index (χ3v) is 5.74. The number of nitriles is 1. The first-order valence-electron chi connectivity index (χ1n) is 10.8. The van der Waals surface area contributed by atoms with Crippen LogP contribution in [0.15, 0.2) is 72.8 Å². The van der Waals surface area contributed by atoms with Crippen molar-refractivity contribution in [1.82, 2.24) is 5.32 Å². The molecule has 3 aromatic rings. The summed E-state index contributed by atoms with van der Waals surface area (Å²) in [4.78, 5) is 11.2. The van der Waals surface area contributed by atoms with Gasteiger partial charge in [0.15, 0.2) is 0 Å². The number of hydrogen-bond donors (Lipinski definition) is 4. The Bertz CT molecular complexity index is 1120. The fourth-order valence-corrected chi connectivity index (χ4v) is 4.23. The summed E-state index contributed by atoms with van der Waals surface area (Å²) in [5.74, 6) is -0.322. The lowest BCUT2D eigenvalue weighted by molar-refractivity contribution is -0.117. The molecule has 6 nitrogen and oxygen atoms in total. The highest BCUT2D eigenvalue weighted by atomic mass is 16.1. The van der Waals surface area contributed by atoms with Crippen LogP contribution in [0.5, 0.6) is 0 Å². The molecular weight excluding hydrogens is 398 g/mol. The fraction of sp³-hybridized carbons (Fsp3) is 0.231. The number of benzene rings is 3. The molecular formula is C26H27N5O. The first kappa shape index (κ1) is 21.4. The Balaban J connectivity index is 1.49. The average molecular weight is 426 g/mol. The maximum absolute atomic E-state index is 11.2. The summed E-state index contributed by atoms with van der Waals surface area (Å²) >= 11 is 0. The van der Waals surface area contributed by atoms with E-state index in [1.807, 2.05) is 54.6 Å². The summed E-state index contributed by atoms with van der Waals surface area (Å²) < 4.78 is 0. The van der Waals surface area contributed by atoms with Gasteiger partial charge in [0, 0.05) is 6.54 Å². The molecule has 2 atom stereocenters. The van der Waals surface area contributed by atoms with Crippen LogP contribution in [0.4, 0.5) is 11.4 Å². The van der Waals surface area contributed by atoms with Crippen molar-refractivity contribution < 1.29 is 4.79 Å². The Kier molecular flexibility index (Phi) is 6.69. The molecule has 1 aliphatic heterocycles. The van der Waals surface area contributed by atoms with Gasteiger partial charge in [-0.15, -0.1) is 0 Å². The van der Waals surface area contributed by atoms with Crippen LogP contribution in [0.25, 0.3) is 0 Å². The lowest BCUT2D eigenvalue weighted by atomic mass is 9.95. The van der Waals surface area contributed by atoms with Gasteiger partial charge in [0.2, 0.25) is 5.91 Å². The molecule has 6 heteroatoms. The molecule has 5 N–H and O–H groups in total. The van der Waals surface area contributed by atoms with Gasteiger partial charge < -0.3 is 21.7 Å². The van der Waals surface area contributed by atoms with Gasteiger partial charge in [0.05, 0.1) is 35.4 Å². The Morgan fingerprint density at radius 1 is 1.09 bits per heavy atom. The zero-order chi connectivity index (χ0) is 22.3. The minimum absolute atomic E-state index is 0.0531. The minimum Gasteiger partial charge on any atom is -0.381 e. The van der Waals surface area contributed by atoms with Gasteiger partial charge in [-0.25, -0.2) is 0 Å². The number of hydrogen-bond acceptors (Lipinski definition) is 5. The number of nitrogens with two attached hydrogens (primary N) is 1. The summed E-state index contributed by atoms with van der Waals surface area (Å²) in [5.41, 5.74) is 11.1. The summed E-state index contributed by atoms with van der Waals surface area (Å²) in [6.45, 7) is 1.51. The molecule has 0 aromatic heterocycles. The van der Waals surface area contributed by atoms with Crippen molar-refractivity contribution in [2.75, 3.05) is 23.7 Å². The van der Waals surface area contributed by atoms with E-state index < -0.39 is 0 Å². The SMILES string of the molecule is N#Cc1cccc2c1N[C@@H]([C@H](NCCc1cccc(CC(N)=O)c1)c1ccccc1)CN2. The number of carbonyl (C=O) groups is 1. The number of anilines is 2. The van der Waals surface area contributed by atoms with Crippen LogP contribution in [0, 0.1) is 11.3 Å². The van der Waals surface area contributed by atoms with Crippen LogP contribution < -0.4 is 21.7 Å². The third kappa shape index (κ3) is 5.08. The molecule has 0 unspecified atom stereocenters. The van der Waals surface area contributed by atoms with Crippen molar-refractivity contribution >= 4 is 17.3 Å². The highest BCUT2D eigenvalue weighted by Gasteiger charge is 2.27. The predicted octanol–water partition coefficient (Wildman–Crippen LogP) is 3.37. The van der Waals surface area contributed by atoms with E-state index in [-0.39, 0.29) is 24.4 Å². The quantitative estimate of drug-likeness (QED) is 0.443. The van der Waals surface area contributed by atoms with E-state index in [0.29, 0.717) is 5.56 Å². The minimum atomic E-state index is -0.322. The van der Waals surface area contributed by atoms with Gasteiger partial charge in [-0.1, -0.05) is 60.7 Å². The number of nitrogens with zero attached hydrogens (tertiary/aromatic N) is 1. The molecule has 0 saturated heterocycles. The predicted molar refractivity (Wildman–Crippen MR) is 127 cm³/mol. The van der Waals surface area contributed by atoms with Crippen molar-refractivity contribution in [3.63, 3.8) is 0 Å². The molecule has 32 heavy (non-hydrogen) atoms. The van der Waals surface area contributed by atoms with Crippen molar-refractivity contribution in [2.45, 2.75) is 24.9 Å². The van der Waals surface area contributed by atoms with Crippen LogP contribution >= 0.6 is 0 Å². The molecule has 162 valence electrons. The highest BCUT2D eigenvalue weighted by Crippen LogP contribution is 2.32. The molecule has 1 heterocycles. The number of primary amides is 1. The number of carbonyl (C=O) groups excluding carboxylic acids is 1. The van der Waals surface area contributed by atoms with E-state index in [1.54, 1.807) is 0 Å². The summed E-state index contributed by atoms with van der Waals surface area (Å²) in [5, 5.41) is 20.3. The zero-order valence-electron chi connectivity index (χ0n) is 17.8. The lowest BCUT2D eigenvalue weighted by Gasteiger charge is -2.35. The molecule has 1 amide bonds. The number of rotatable bonds is 8. The van der Waals surface area contributed by atoms with Crippen molar-refractivity contribution in [1.29, 1.82) is 5.26 Å². The molecule has 0 aliphatic carbocycles. The summed E-state index contributed by atoms with van der Waals surface area (Å²) in [6.07, 6.45) is 1.09. The number of fused-ring (bicyclic) bond motifs is 1. The molecule has 1 aliphatic rings. The molecule has 3 aromatic carbocycles. The second-order valence-electron chi connectivity index (χ2n) is 8.03. The van der Waals surface area contributed by atoms with E-state index in [4.69, 9.17) is 5.73 Å². The smallest absolute Gasteiger partial charge is 0.221 e. The van der Waals surface area contributed by atoms with E-state index >= 15 is 0 Å². The molecule has 0 radical (unpaired) electrons. The lowest BCUT2D eigenvalue weighted by Crippen LogP contribution is -2.44. The molecule has 0 spiro atoms. The monoisotopic (exact) mass is 425 g/mol. The second-order valence-corrected chi connectivity index (χ2v) is 8.03. The standard InChI is InChI=1S/C26H27N5O/c27-16-21-10-5-11-22-26(21)31-23(17-30-22)25(20-8-2-1-3-9-20)29-13-12-18-6-4-7-19(14-18)15-24(28)32/h1-11,14,23,25,29-31H,12-13,15,17H2,(H2,28,32)/t23-,25-/m1/s1. The van der Waals surface area contributed by atoms with Crippen LogP contribution in [0.2, 0.25) is 0 Å². The average Bonchev–Trinajstić information content (AvgIpc) is 2.81. The maximum atomic E-state index is 11.2. The Hall–Kier alpha value is -3.82.